The van der Waals surface area contributed by atoms with Gasteiger partial charge in [-0.3, -0.25) is 4.90 Å². The number of ether oxygens (including phenoxy) is 5. The SMILES string of the molecule is COc1ccc([C@@H]2C[C@@H]3C[C@H](COC(=O)c4cc(OC)c(OC)c(OC)c4)CCN3C2)cc1. The highest BCUT2D eigenvalue weighted by atomic mass is 16.5. The highest BCUT2D eigenvalue weighted by molar-refractivity contribution is 5.91. The van der Waals surface area contributed by atoms with E-state index in [1.165, 1.54) is 26.9 Å². The lowest BCUT2D eigenvalue weighted by Gasteiger charge is -2.34. The fourth-order valence-corrected chi connectivity index (χ4v) is 5.10. The number of carbonyl (C=O) groups is 1. The van der Waals surface area contributed by atoms with Gasteiger partial charge in [-0.1, -0.05) is 12.1 Å². The summed E-state index contributed by atoms with van der Waals surface area (Å²) in [5.74, 6) is 2.76. The van der Waals surface area contributed by atoms with Crippen LogP contribution in [0.3, 0.4) is 0 Å². The summed E-state index contributed by atoms with van der Waals surface area (Å²) >= 11 is 0. The molecule has 2 aromatic rings. The first-order chi connectivity index (χ1) is 16.1. The number of rotatable bonds is 8. The van der Waals surface area contributed by atoms with Gasteiger partial charge in [0.25, 0.3) is 0 Å². The van der Waals surface area contributed by atoms with E-state index in [2.05, 4.69) is 17.0 Å². The molecule has 3 atom stereocenters. The second-order valence-electron chi connectivity index (χ2n) is 8.76. The summed E-state index contributed by atoms with van der Waals surface area (Å²) in [6.07, 6.45) is 3.23. The van der Waals surface area contributed by atoms with Crippen molar-refractivity contribution in [1.82, 2.24) is 4.90 Å². The summed E-state index contributed by atoms with van der Waals surface area (Å²) < 4.78 is 27.0. The predicted molar refractivity (Wildman–Crippen MR) is 125 cm³/mol. The topological polar surface area (TPSA) is 66.5 Å². The van der Waals surface area contributed by atoms with E-state index in [4.69, 9.17) is 23.7 Å². The Morgan fingerprint density at radius 1 is 0.939 bits per heavy atom. The second kappa shape index (κ2) is 10.3. The molecule has 178 valence electrons. The molecule has 7 heteroatoms. The van der Waals surface area contributed by atoms with Crippen molar-refractivity contribution in [2.45, 2.75) is 31.2 Å². The molecule has 7 nitrogen and oxygen atoms in total. The summed E-state index contributed by atoms with van der Waals surface area (Å²) in [4.78, 5) is 15.3. The van der Waals surface area contributed by atoms with Crippen molar-refractivity contribution in [2.75, 3.05) is 48.1 Å². The van der Waals surface area contributed by atoms with Crippen molar-refractivity contribution < 1.29 is 28.5 Å². The van der Waals surface area contributed by atoms with Gasteiger partial charge in [0.15, 0.2) is 11.5 Å². The van der Waals surface area contributed by atoms with Gasteiger partial charge in [-0.2, -0.15) is 0 Å². The van der Waals surface area contributed by atoms with E-state index < -0.39 is 0 Å². The van der Waals surface area contributed by atoms with E-state index >= 15 is 0 Å². The Labute approximate surface area is 195 Å². The Hall–Kier alpha value is -2.93. The zero-order chi connectivity index (χ0) is 23.4. The second-order valence-corrected chi connectivity index (χ2v) is 8.76. The lowest BCUT2D eigenvalue weighted by atomic mass is 9.89. The van der Waals surface area contributed by atoms with Crippen LogP contribution >= 0.6 is 0 Å². The maximum Gasteiger partial charge on any atom is 0.338 e. The van der Waals surface area contributed by atoms with Crippen LogP contribution in [0.1, 0.15) is 41.1 Å². The number of hydrogen-bond acceptors (Lipinski definition) is 7. The number of carbonyl (C=O) groups excluding carboxylic acids is 1. The quantitative estimate of drug-likeness (QED) is 0.554. The molecule has 2 heterocycles. The molecule has 0 spiro atoms. The van der Waals surface area contributed by atoms with Crippen molar-refractivity contribution >= 4 is 5.97 Å². The first-order valence-electron chi connectivity index (χ1n) is 11.4. The molecule has 0 bridgehead atoms. The molecule has 2 aliphatic rings. The molecule has 2 fully saturated rings. The molecule has 0 N–H and O–H groups in total. The molecule has 0 unspecified atom stereocenters. The van der Waals surface area contributed by atoms with Gasteiger partial charge < -0.3 is 23.7 Å². The zero-order valence-electron chi connectivity index (χ0n) is 19.8. The number of benzene rings is 2. The molecule has 4 rings (SSSR count). The van der Waals surface area contributed by atoms with Crippen molar-refractivity contribution in [3.8, 4) is 23.0 Å². The average molecular weight is 456 g/mol. The number of esters is 1. The zero-order valence-corrected chi connectivity index (χ0v) is 19.8. The van der Waals surface area contributed by atoms with Gasteiger partial charge >= 0.3 is 5.97 Å². The lowest BCUT2D eigenvalue weighted by Crippen LogP contribution is -2.39. The monoisotopic (exact) mass is 455 g/mol. The molecule has 33 heavy (non-hydrogen) atoms. The molecule has 0 aliphatic carbocycles. The van der Waals surface area contributed by atoms with Gasteiger partial charge in [0, 0.05) is 12.6 Å². The largest absolute Gasteiger partial charge is 0.497 e. The number of methoxy groups -OCH3 is 4. The van der Waals surface area contributed by atoms with E-state index in [0.29, 0.717) is 47.3 Å². The molecule has 2 saturated heterocycles. The standard InChI is InChI=1S/C26H33NO6/c1-29-22-7-5-18(6-8-22)20-12-21-11-17(9-10-27(21)15-20)16-33-26(28)19-13-23(30-2)25(32-4)24(14-19)31-3/h5-8,13-14,17,20-21H,9-12,15-16H2,1-4H3/t17-,20-,21+/m1/s1. The Kier molecular flexibility index (Phi) is 7.28. The van der Waals surface area contributed by atoms with Gasteiger partial charge in [0.05, 0.1) is 40.6 Å². The Bertz CT molecular complexity index is 935. The van der Waals surface area contributed by atoms with Gasteiger partial charge in [0.1, 0.15) is 5.75 Å². The highest BCUT2D eigenvalue weighted by Gasteiger charge is 2.37. The van der Waals surface area contributed by atoms with Crippen LogP contribution in [-0.4, -0.2) is 65.0 Å². The summed E-state index contributed by atoms with van der Waals surface area (Å²) in [6.45, 7) is 2.56. The number of fused-ring (bicyclic) bond motifs is 1. The highest BCUT2D eigenvalue weighted by Crippen LogP contribution is 2.40. The van der Waals surface area contributed by atoms with Gasteiger partial charge in [-0.25, -0.2) is 4.79 Å². The minimum atomic E-state index is -0.376. The van der Waals surface area contributed by atoms with Crippen LogP contribution in [-0.2, 0) is 4.74 Å². The van der Waals surface area contributed by atoms with Crippen molar-refractivity contribution in [3.63, 3.8) is 0 Å². The summed E-state index contributed by atoms with van der Waals surface area (Å²) in [5, 5.41) is 0. The van der Waals surface area contributed by atoms with Crippen LogP contribution in [0.2, 0.25) is 0 Å². The van der Waals surface area contributed by atoms with Crippen LogP contribution in [0, 0.1) is 5.92 Å². The van der Waals surface area contributed by atoms with Gasteiger partial charge in [-0.15, -0.1) is 0 Å². The van der Waals surface area contributed by atoms with Crippen LogP contribution in [0.15, 0.2) is 36.4 Å². The number of hydrogen-bond donors (Lipinski definition) is 0. The maximum atomic E-state index is 12.7. The third-order valence-electron chi connectivity index (χ3n) is 6.90. The third kappa shape index (κ3) is 5.03. The molecule has 0 radical (unpaired) electrons. The first kappa shape index (κ1) is 23.2. The minimum Gasteiger partial charge on any atom is -0.497 e. The molecule has 0 saturated carbocycles. The average Bonchev–Trinajstić information content (AvgIpc) is 3.29. The van der Waals surface area contributed by atoms with E-state index in [-0.39, 0.29) is 5.97 Å². The molecule has 2 aromatic carbocycles. The van der Waals surface area contributed by atoms with Gasteiger partial charge in [-0.05, 0) is 67.5 Å². The van der Waals surface area contributed by atoms with Crippen LogP contribution in [0.4, 0.5) is 0 Å². The first-order valence-corrected chi connectivity index (χ1v) is 11.4. The van der Waals surface area contributed by atoms with Crippen molar-refractivity contribution in [1.29, 1.82) is 0 Å². The van der Waals surface area contributed by atoms with Crippen LogP contribution in [0.5, 0.6) is 23.0 Å². The van der Waals surface area contributed by atoms with E-state index in [1.807, 2.05) is 12.1 Å². The number of piperidine rings is 1. The van der Waals surface area contributed by atoms with Crippen LogP contribution < -0.4 is 18.9 Å². The summed E-state index contributed by atoms with van der Waals surface area (Å²) in [5.41, 5.74) is 1.76. The smallest absolute Gasteiger partial charge is 0.338 e. The number of nitrogens with zero attached hydrogens (tertiary/aromatic N) is 1. The Morgan fingerprint density at radius 3 is 2.24 bits per heavy atom. The molecular formula is C26H33NO6. The molecule has 2 aliphatic heterocycles. The summed E-state index contributed by atoms with van der Waals surface area (Å²) in [6, 6.07) is 12.2. The third-order valence-corrected chi connectivity index (χ3v) is 6.90. The van der Waals surface area contributed by atoms with Crippen molar-refractivity contribution in [3.05, 3.63) is 47.5 Å². The fraction of sp³-hybridized carbons (Fsp3) is 0.500. The normalized spacial score (nSPS) is 22.4. The Morgan fingerprint density at radius 2 is 1.64 bits per heavy atom. The Balaban J connectivity index is 1.33. The van der Waals surface area contributed by atoms with Crippen LogP contribution in [0.25, 0.3) is 0 Å². The molecule has 0 amide bonds. The van der Waals surface area contributed by atoms with E-state index in [9.17, 15) is 4.79 Å². The predicted octanol–water partition coefficient (Wildman–Crippen LogP) is 4.15. The van der Waals surface area contributed by atoms with Crippen molar-refractivity contribution in [2.24, 2.45) is 5.92 Å². The minimum absolute atomic E-state index is 0.367. The lowest BCUT2D eigenvalue weighted by molar-refractivity contribution is 0.0339. The summed E-state index contributed by atoms with van der Waals surface area (Å²) in [7, 11) is 6.29. The molecular weight excluding hydrogens is 422 g/mol. The van der Waals surface area contributed by atoms with Gasteiger partial charge in [0.2, 0.25) is 5.75 Å². The fourth-order valence-electron chi connectivity index (χ4n) is 5.10. The van der Waals surface area contributed by atoms with E-state index in [1.54, 1.807) is 19.2 Å². The maximum absolute atomic E-state index is 12.7. The van der Waals surface area contributed by atoms with E-state index in [0.717, 1.165) is 38.1 Å². The molecule has 0 aromatic heterocycles.